The van der Waals surface area contributed by atoms with Crippen LogP contribution in [0.25, 0.3) is 0 Å². The number of thioether (sulfide) groups is 1. The van der Waals surface area contributed by atoms with Gasteiger partial charge in [-0.25, -0.2) is 9.67 Å². The highest BCUT2D eigenvalue weighted by atomic mass is 32.2. The second-order valence-corrected chi connectivity index (χ2v) is 3.51. The highest BCUT2D eigenvalue weighted by Crippen LogP contribution is 2.29. The van der Waals surface area contributed by atoms with E-state index in [9.17, 15) is 13.2 Å². The molecular formula is C6H8F3N3OS. The maximum Gasteiger partial charge on any atom is 0.441 e. The number of aryl methyl sites for hydroxylation is 1. The molecule has 0 radical (unpaired) electrons. The first-order valence-corrected chi connectivity index (χ1v) is 4.69. The van der Waals surface area contributed by atoms with Gasteiger partial charge >= 0.3 is 5.51 Å². The van der Waals surface area contributed by atoms with Gasteiger partial charge in [-0.05, 0) is 11.8 Å². The van der Waals surface area contributed by atoms with Gasteiger partial charge < -0.3 is 5.11 Å². The number of alkyl halides is 3. The van der Waals surface area contributed by atoms with Crippen LogP contribution in [-0.2, 0) is 13.2 Å². The molecule has 14 heavy (non-hydrogen) atoms. The Morgan fingerprint density at radius 1 is 1.50 bits per heavy atom. The van der Waals surface area contributed by atoms with E-state index in [0.29, 0.717) is 0 Å². The van der Waals surface area contributed by atoms with Gasteiger partial charge in [-0.15, -0.1) is 0 Å². The van der Waals surface area contributed by atoms with Crippen molar-refractivity contribution in [1.82, 2.24) is 14.8 Å². The summed E-state index contributed by atoms with van der Waals surface area (Å²) in [5, 5.41) is 12.4. The van der Waals surface area contributed by atoms with Crippen molar-refractivity contribution >= 4 is 11.8 Å². The Kier molecular flexibility index (Phi) is 3.76. The highest BCUT2D eigenvalue weighted by Gasteiger charge is 2.27. The Balaban J connectivity index is 2.38. The minimum absolute atomic E-state index is 0.0834. The van der Waals surface area contributed by atoms with Crippen LogP contribution in [0.3, 0.4) is 0 Å². The van der Waals surface area contributed by atoms with Crippen LogP contribution in [0.5, 0.6) is 0 Å². The average Bonchev–Trinajstić information content (AvgIpc) is 2.49. The first-order valence-electron chi connectivity index (χ1n) is 3.71. The SMILES string of the molecule is OCc1ncnn1CCSC(F)(F)F. The predicted molar refractivity (Wildman–Crippen MR) is 44.5 cm³/mol. The molecule has 1 rings (SSSR count). The van der Waals surface area contributed by atoms with Gasteiger partial charge in [0, 0.05) is 5.75 Å². The standard InChI is InChI=1S/C6H8F3N3OS/c7-6(8,9)14-2-1-12-5(3-13)10-4-11-12/h4,13H,1-3H2. The molecule has 0 spiro atoms. The number of hydrogen-bond donors (Lipinski definition) is 1. The normalized spacial score (nSPS) is 12.0. The second kappa shape index (κ2) is 4.65. The number of nitrogens with zero attached hydrogens (tertiary/aromatic N) is 3. The third-order valence-corrected chi connectivity index (χ3v) is 2.12. The van der Waals surface area contributed by atoms with E-state index in [1.165, 1.54) is 11.0 Å². The number of halogens is 3. The number of rotatable bonds is 4. The maximum absolute atomic E-state index is 11.7. The molecule has 0 amide bonds. The number of aromatic nitrogens is 3. The summed E-state index contributed by atoms with van der Waals surface area (Å²) in [6.07, 6.45) is 1.20. The van der Waals surface area contributed by atoms with Crippen molar-refractivity contribution in [2.75, 3.05) is 5.75 Å². The molecule has 0 saturated carbocycles. The summed E-state index contributed by atoms with van der Waals surface area (Å²) in [7, 11) is 0. The summed E-state index contributed by atoms with van der Waals surface area (Å²) in [4.78, 5) is 3.66. The largest absolute Gasteiger partial charge is 0.441 e. The summed E-state index contributed by atoms with van der Waals surface area (Å²) in [6.45, 7) is -0.239. The van der Waals surface area contributed by atoms with E-state index in [1.54, 1.807) is 0 Å². The lowest BCUT2D eigenvalue weighted by atomic mass is 10.6. The topological polar surface area (TPSA) is 50.9 Å². The van der Waals surface area contributed by atoms with E-state index >= 15 is 0 Å². The molecule has 1 aromatic heterocycles. The molecular weight excluding hydrogens is 219 g/mol. The monoisotopic (exact) mass is 227 g/mol. The molecule has 0 aliphatic carbocycles. The van der Waals surface area contributed by atoms with Crippen LogP contribution in [0.2, 0.25) is 0 Å². The van der Waals surface area contributed by atoms with Gasteiger partial charge in [-0.2, -0.15) is 18.3 Å². The van der Waals surface area contributed by atoms with Crippen LogP contribution in [0.15, 0.2) is 6.33 Å². The van der Waals surface area contributed by atoms with Gasteiger partial charge in [0.2, 0.25) is 0 Å². The first-order chi connectivity index (χ1) is 6.53. The van der Waals surface area contributed by atoms with Crippen LogP contribution < -0.4 is 0 Å². The van der Waals surface area contributed by atoms with E-state index < -0.39 is 5.51 Å². The molecule has 0 unspecified atom stereocenters. The Morgan fingerprint density at radius 3 is 2.79 bits per heavy atom. The van der Waals surface area contributed by atoms with Crippen LogP contribution in [0.1, 0.15) is 5.82 Å². The van der Waals surface area contributed by atoms with Gasteiger partial charge in [-0.3, -0.25) is 0 Å². The van der Waals surface area contributed by atoms with E-state index in [0.717, 1.165) is 0 Å². The number of aliphatic hydroxyl groups is 1. The zero-order valence-corrected chi connectivity index (χ0v) is 7.85. The molecule has 1 N–H and O–H groups in total. The summed E-state index contributed by atoms with van der Waals surface area (Å²) in [5.41, 5.74) is -4.22. The van der Waals surface area contributed by atoms with E-state index in [1.807, 2.05) is 0 Å². The molecule has 8 heteroatoms. The molecule has 0 saturated heterocycles. The third kappa shape index (κ3) is 3.54. The molecule has 1 aromatic rings. The van der Waals surface area contributed by atoms with Crippen molar-refractivity contribution in [1.29, 1.82) is 0 Å². The van der Waals surface area contributed by atoms with Gasteiger partial charge in [0.15, 0.2) is 5.82 Å². The summed E-state index contributed by atoms with van der Waals surface area (Å²) >= 11 is -0.119. The first kappa shape index (κ1) is 11.3. The lowest BCUT2D eigenvalue weighted by Crippen LogP contribution is -2.10. The van der Waals surface area contributed by atoms with Crippen molar-refractivity contribution in [3.8, 4) is 0 Å². The summed E-state index contributed by atoms with van der Waals surface area (Å²) in [5.74, 6) is 0.132. The van der Waals surface area contributed by atoms with E-state index in [4.69, 9.17) is 5.11 Å². The Morgan fingerprint density at radius 2 is 2.21 bits per heavy atom. The third-order valence-electron chi connectivity index (χ3n) is 1.41. The van der Waals surface area contributed by atoms with Gasteiger partial charge in [0.25, 0.3) is 0 Å². The quantitative estimate of drug-likeness (QED) is 0.834. The zero-order valence-electron chi connectivity index (χ0n) is 7.03. The van der Waals surface area contributed by atoms with E-state index in [-0.39, 0.29) is 36.5 Å². The zero-order chi connectivity index (χ0) is 10.6. The van der Waals surface area contributed by atoms with Gasteiger partial charge in [-0.1, -0.05) is 0 Å². The minimum atomic E-state index is -4.22. The molecule has 0 fully saturated rings. The lowest BCUT2D eigenvalue weighted by molar-refractivity contribution is -0.0328. The summed E-state index contributed by atoms with van der Waals surface area (Å²) < 4.78 is 36.5. The molecule has 80 valence electrons. The van der Waals surface area contributed by atoms with Crippen molar-refractivity contribution in [3.05, 3.63) is 12.2 Å². The number of hydrogen-bond acceptors (Lipinski definition) is 4. The minimum Gasteiger partial charge on any atom is -0.388 e. The van der Waals surface area contributed by atoms with Crippen LogP contribution >= 0.6 is 11.8 Å². The highest BCUT2D eigenvalue weighted by molar-refractivity contribution is 8.00. The van der Waals surface area contributed by atoms with Crippen LogP contribution in [0.4, 0.5) is 13.2 Å². The Hall–Kier alpha value is -0.760. The van der Waals surface area contributed by atoms with Gasteiger partial charge in [0.05, 0.1) is 6.54 Å². The van der Waals surface area contributed by atoms with Crippen molar-refractivity contribution in [2.45, 2.75) is 18.7 Å². The van der Waals surface area contributed by atoms with Crippen LogP contribution in [0, 0.1) is 0 Å². The molecule has 1 heterocycles. The molecule has 0 aliphatic heterocycles. The lowest BCUT2D eigenvalue weighted by Gasteiger charge is -2.06. The Labute approximate surface area is 82.1 Å². The molecule has 0 bridgehead atoms. The Bertz CT molecular complexity index is 288. The van der Waals surface area contributed by atoms with Crippen LogP contribution in [-0.4, -0.2) is 31.1 Å². The molecule has 0 aromatic carbocycles. The smallest absolute Gasteiger partial charge is 0.388 e. The number of aliphatic hydroxyl groups excluding tert-OH is 1. The molecule has 0 aliphatic rings. The fourth-order valence-corrected chi connectivity index (χ4v) is 1.34. The fraction of sp³-hybridized carbons (Fsp3) is 0.667. The summed E-state index contributed by atoms with van der Waals surface area (Å²) in [6, 6.07) is 0. The van der Waals surface area contributed by atoms with Crippen molar-refractivity contribution < 1.29 is 18.3 Å². The average molecular weight is 227 g/mol. The van der Waals surface area contributed by atoms with Crippen molar-refractivity contribution in [2.24, 2.45) is 0 Å². The maximum atomic E-state index is 11.7. The van der Waals surface area contributed by atoms with E-state index in [2.05, 4.69) is 10.1 Å². The van der Waals surface area contributed by atoms with Crippen molar-refractivity contribution in [3.63, 3.8) is 0 Å². The van der Waals surface area contributed by atoms with Gasteiger partial charge in [0.1, 0.15) is 12.9 Å². The fourth-order valence-electron chi connectivity index (χ4n) is 0.845. The second-order valence-electron chi connectivity index (χ2n) is 2.35. The molecule has 4 nitrogen and oxygen atoms in total. The molecule has 0 atom stereocenters. The predicted octanol–water partition coefficient (Wildman–Crippen LogP) is 1.02.